The Labute approximate surface area is 334 Å². The van der Waals surface area contributed by atoms with Gasteiger partial charge < -0.3 is 4.90 Å². The summed E-state index contributed by atoms with van der Waals surface area (Å²) < 4.78 is 0. The van der Waals surface area contributed by atoms with E-state index in [1.165, 1.54) is 71.6 Å². The molecule has 0 aliphatic rings. The fourth-order valence-electron chi connectivity index (χ4n) is 8.42. The first-order valence-electron chi connectivity index (χ1n) is 19.6. The Morgan fingerprint density at radius 3 is 1.42 bits per heavy atom. The van der Waals surface area contributed by atoms with Crippen molar-refractivity contribution in [2.75, 3.05) is 4.90 Å². The van der Waals surface area contributed by atoms with Crippen molar-refractivity contribution in [1.29, 1.82) is 0 Å². The van der Waals surface area contributed by atoms with Crippen molar-refractivity contribution in [2.45, 2.75) is 0 Å². The van der Waals surface area contributed by atoms with E-state index in [1.54, 1.807) is 0 Å². The van der Waals surface area contributed by atoms with Crippen LogP contribution in [0, 0.1) is 0 Å². The van der Waals surface area contributed by atoms with Gasteiger partial charge in [0, 0.05) is 16.8 Å². The van der Waals surface area contributed by atoms with Crippen LogP contribution >= 0.6 is 0 Å². The van der Waals surface area contributed by atoms with Crippen LogP contribution in [-0.2, 0) is 0 Å². The molecular formula is C56H39N. The number of hydrogen-bond donors (Lipinski definition) is 0. The first-order valence-corrected chi connectivity index (χ1v) is 19.6. The molecule has 0 aliphatic carbocycles. The molecule has 10 aromatic rings. The van der Waals surface area contributed by atoms with Gasteiger partial charge in [0.05, 0.1) is 5.69 Å². The first kappa shape index (κ1) is 34.0. The Bertz CT molecular complexity index is 2990. The molecule has 1 heteroatoms. The van der Waals surface area contributed by atoms with Crippen LogP contribution in [0.15, 0.2) is 237 Å². The summed E-state index contributed by atoms with van der Waals surface area (Å²) in [6, 6.07) is 85.6. The Hall–Kier alpha value is -7.48. The third kappa shape index (κ3) is 6.46. The van der Waals surface area contributed by atoms with Gasteiger partial charge in [-0.15, -0.1) is 0 Å². The summed E-state index contributed by atoms with van der Waals surface area (Å²) >= 11 is 0. The van der Waals surface area contributed by atoms with Crippen LogP contribution in [0.25, 0.3) is 77.2 Å². The van der Waals surface area contributed by atoms with Gasteiger partial charge in [0.1, 0.15) is 0 Å². The SMILES string of the molecule is c1ccc(-c2ccccc2-c2c(-c3ccccc3)cccc2-c2ccc(N(c3cccc(-c4cccc5ccccc45)c3)c3cccc4ccccc34)cc2)cc1. The molecule has 0 aromatic heterocycles. The van der Waals surface area contributed by atoms with E-state index in [0.717, 1.165) is 22.6 Å². The molecule has 0 radical (unpaired) electrons. The Morgan fingerprint density at radius 2 is 0.702 bits per heavy atom. The molecule has 0 fully saturated rings. The summed E-state index contributed by atoms with van der Waals surface area (Å²) in [6.45, 7) is 0. The van der Waals surface area contributed by atoms with Gasteiger partial charge in [0.15, 0.2) is 0 Å². The number of rotatable bonds is 8. The largest absolute Gasteiger partial charge is 0.310 e. The van der Waals surface area contributed by atoms with E-state index in [1.807, 2.05) is 0 Å². The molecule has 0 bridgehead atoms. The lowest BCUT2D eigenvalue weighted by molar-refractivity contribution is 1.30. The third-order valence-electron chi connectivity index (χ3n) is 11.1. The summed E-state index contributed by atoms with van der Waals surface area (Å²) in [5.74, 6) is 0. The molecule has 1 nitrogen and oxygen atoms in total. The zero-order valence-corrected chi connectivity index (χ0v) is 31.5. The molecule has 0 spiro atoms. The Kier molecular flexibility index (Phi) is 8.95. The maximum absolute atomic E-state index is 2.41. The Morgan fingerprint density at radius 1 is 0.246 bits per heavy atom. The fraction of sp³-hybridized carbons (Fsp3) is 0. The summed E-state index contributed by atoms with van der Waals surface area (Å²) in [5, 5.41) is 4.90. The average molecular weight is 726 g/mol. The van der Waals surface area contributed by atoms with Crippen molar-refractivity contribution in [2.24, 2.45) is 0 Å². The Balaban J connectivity index is 1.14. The van der Waals surface area contributed by atoms with Gasteiger partial charge in [0.2, 0.25) is 0 Å². The van der Waals surface area contributed by atoms with Crippen LogP contribution in [0.5, 0.6) is 0 Å². The van der Waals surface area contributed by atoms with Crippen LogP contribution < -0.4 is 4.90 Å². The predicted octanol–water partition coefficient (Wildman–Crippen LogP) is 15.8. The molecule has 0 atom stereocenters. The highest BCUT2D eigenvalue weighted by atomic mass is 15.1. The van der Waals surface area contributed by atoms with Crippen molar-refractivity contribution in [3.63, 3.8) is 0 Å². The molecule has 0 saturated heterocycles. The molecular weight excluding hydrogens is 687 g/mol. The number of benzene rings is 10. The quantitative estimate of drug-likeness (QED) is 0.151. The summed E-state index contributed by atoms with van der Waals surface area (Å²) in [5.41, 5.74) is 15.4. The van der Waals surface area contributed by atoms with Gasteiger partial charge >= 0.3 is 0 Å². The van der Waals surface area contributed by atoms with Crippen LogP contribution in [-0.4, -0.2) is 0 Å². The maximum atomic E-state index is 2.41. The van der Waals surface area contributed by atoms with Crippen molar-refractivity contribution in [3.05, 3.63) is 237 Å². The van der Waals surface area contributed by atoms with Gasteiger partial charge in [-0.2, -0.15) is 0 Å². The van der Waals surface area contributed by atoms with Gasteiger partial charge in [-0.25, -0.2) is 0 Å². The van der Waals surface area contributed by atoms with Crippen molar-refractivity contribution in [1.82, 2.24) is 0 Å². The second kappa shape index (κ2) is 15.0. The molecule has 0 heterocycles. The summed E-state index contributed by atoms with van der Waals surface area (Å²) in [4.78, 5) is 2.41. The smallest absolute Gasteiger partial charge is 0.0540 e. The number of anilines is 3. The highest BCUT2D eigenvalue weighted by molar-refractivity contribution is 6.02. The van der Waals surface area contributed by atoms with Crippen molar-refractivity contribution in [3.8, 4) is 55.6 Å². The maximum Gasteiger partial charge on any atom is 0.0540 e. The second-order valence-electron chi connectivity index (χ2n) is 14.5. The summed E-state index contributed by atoms with van der Waals surface area (Å²) in [7, 11) is 0. The van der Waals surface area contributed by atoms with Gasteiger partial charge in [-0.05, 0) is 102 Å². The lowest BCUT2D eigenvalue weighted by atomic mass is 9.84. The molecule has 0 amide bonds. The molecule has 10 rings (SSSR count). The van der Waals surface area contributed by atoms with E-state index < -0.39 is 0 Å². The topological polar surface area (TPSA) is 3.24 Å². The number of hydrogen-bond acceptors (Lipinski definition) is 1. The van der Waals surface area contributed by atoms with E-state index in [0.29, 0.717) is 0 Å². The minimum absolute atomic E-state index is 1.09. The number of nitrogens with zero attached hydrogens (tertiary/aromatic N) is 1. The van der Waals surface area contributed by atoms with Crippen molar-refractivity contribution < 1.29 is 0 Å². The minimum atomic E-state index is 1.09. The molecule has 268 valence electrons. The molecule has 10 aromatic carbocycles. The average Bonchev–Trinajstić information content (AvgIpc) is 3.30. The molecule has 0 aliphatic heterocycles. The third-order valence-corrected chi connectivity index (χ3v) is 11.1. The molecule has 0 saturated carbocycles. The monoisotopic (exact) mass is 725 g/mol. The summed E-state index contributed by atoms with van der Waals surface area (Å²) in [6.07, 6.45) is 0. The van der Waals surface area contributed by atoms with E-state index in [-0.39, 0.29) is 0 Å². The van der Waals surface area contributed by atoms with Crippen LogP contribution in [0.3, 0.4) is 0 Å². The van der Waals surface area contributed by atoms with Gasteiger partial charge in [0.25, 0.3) is 0 Å². The molecule has 0 unspecified atom stereocenters. The zero-order valence-electron chi connectivity index (χ0n) is 31.5. The highest BCUT2D eigenvalue weighted by Gasteiger charge is 2.20. The van der Waals surface area contributed by atoms with Crippen LogP contribution in [0.4, 0.5) is 17.1 Å². The van der Waals surface area contributed by atoms with Gasteiger partial charge in [-0.1, -0.05) is 206 Å². The van der Waals surface area contributed by atoms with Crippen molar-refractivity contribution >= 4 is 38.6 Å². The molecule has 0 N–H and O–H groups in total. The fourth-order valence-corrected chi connectivity index (χ4v) is 8.42. The highest BCUT2D eigenvalue weighted by Crippen LogP contribution is 2.46. The van der Waals surface area contributed by atoms with E-state index in [4.69, 9.17) is 0 Å². The minimum Gasteiger partial charge on any atom is -0.310 e. The van der Waals surface area contributed by atoms with E-state index >= 15 is 0 Å². The van der Waals surface area contributed by atoms with E-state index in [2.05, 4.69) is 241 Å². The number of fused-ring (bicyclic) bond motifs is 2. The van der Waals surface area contributed by atoms with Crippen LogP contribution in [0.1, 0.15) is 0 Å². The standard InChI is InChI=1S/C56H39N/c1-3-17-40(18-4-1)49-28-11-12-30-54(49)56-52(43-19-5-2-6-20-43)32-16-33-53(56)44-35-37-46(38-36-44)57(55-34-15-24-42-22-8-10-29-51(42)55)47-26-13-25-45(39-47)50-31-14-23-41-21-7-9-27-48(41)50/h1-39H. The van der Waals surface area contributed by atoms with E-state index in [9.17, 15) is 0 Å². The second-order valence-corrected chi connectivity index (χ2v) is 14.5. The van der Waals surface area contributed by atoms with Gasteiger partial charge in [-0.3, -0.25) is 0 Å². The predicted molar refractivity (Wildman–Crippen MR) is 243 cm³/mol. The molecule has 57 heavy (non-hydrogen) atoms. The first-order chi connectivity index (χ1) is 28.3. The van der Waals surface area contributed by atoms with Crippen LogP contribution in [0.2, 0.25) is 0 Å². The zero-order chi connectivity index (χ0) is 38.0. The lowest BCUT2D eigenvalue weighted by Crippen LogP contribution is -2.10. The normalized spacial score (nSPS) is 11.2. The lowest BCUT2D eigenvalue weighted by Gasteiger charge is -2.28.